The molecule has 0 unspecified atom stereocenters. The normalized spacial score (nSPS) is 11.4. The van der Waals surface area contributed by atoms with E-state index < -0.39 is 15.9 Å². The van der Waals surface area contributed by atoms with Gasteiger partial charge in [-0.1, -0.05) is 11.6 Å². The molecule has 0 aliphatic heterocycles. The SMILES string of the molecule is NC(=O)COCCNS(=O)(=O)c1ccc(Cl)nc1. The number of nitrogens with one attached hydrogen (secondary N) is 1. The van der Waals surface area contributed by atoms with Gasteiger partial charge in [0.1, 0.15) is 16.7 Å². The van der Waals surface area contributed by atoms with Crippen LogP contribution in [0.15, 0.2) is 23.2 Å². The van der Waals surface area contributed by atoms with Crippen molar-refractivity contribution in [3.8, 4) is 0 Å². The lowest BCUT2D eigenvalue weighted by atomic mass is 10.5. The number of rotatable bonds is 7. The number of sulfonamides is 1. The highest BCUT2D eigenvalue weighted by Crippen LogP contribution is 2.10. The summed E-state index contributed by atoms with van der Waals surface area (Å²) in [5, 5.41) is 0.207. The fraction of sp³-hybridized carbons (Fsp3) is 0.333. The summed E-state index contributed by atoms with van der Waals surface area (Å²) in [4.78, 5) is 14.0. The molecule has 1 aromatic rings. The van der Waals surface area contributed by atoms with Crippen LogP contribution in [0, 0.1) is 0 Å². The van der Waals surface area contributed by atoms with Crippen molar-refractivity contribution in [1.82, 2.24) is 9.71 Å². The van der Waals surface area contributed by atoms with E-state index in [0.717, 1.165) is 6.20 Å². The van der Waals surface area contributed by atoms with Crippen LogP contribution < -0.4 is 10.5 Å². The Balaban J connectivity index is 2.45. The van der Waals surface area contributed by atoms with Crippen LogP contribution in [0.3, 0.4) is 0 Å². The monoisotopic (exact) mass is 293 g/mol. The Bertz CT molecular complexity index is 503. The molecule has 0 aliphatic rings. The van der Waals surface area contributed by atoms with Gasteiger partial charge in [0.05, 0.1) is 6.61 Å². The van der Waals surface area contributed by atoms with Gasteiger partial charge in [-0.2, -0.15) is 0 Å². The van der Waals surface area contributed by atoms with Crippen LogP contribution in [0.5, 0.6) is 0 Å². The third-order valence-electron chi connectivity index (χ3n) is 1.79. The fourth-order valence-corrected chi connectivity index (χ4v) is 2.09. The first-order chi connectivity index (χ1) is 8.42. The van der Waals surface area contributed by atoms with Gasteiger partial charge in [0.25, 0.3) is 0 Å². The first kappa shape index (κ1) is 14.8. The van der Waals surface area contributed by atoms with Gasteiger partial charge in [-0.25, -0.2) is 18.1 Å². The van der Waals surface area contributed by atoms with Crippen molar-refractivity contribution < 1.29 is 17.9 Å². The van der Waals surface area contributed by atoms with E-state index in [1.807, 2.05) is 0 Å². The zero-order valence-electron chi connectivity index (χ0n) is 9.30. The molecule has 0 radical (unpaired) electrons. The number of aromatic nitrogens is 1. The van der Waals surface area contributed by atoms with Crippen LogP contribution in [0.25, 0.3) is 0 Å². The van der Waals surface area contributed by atoms with Gasteiger partial charge in [-0.15, -0.1) is 0 Å². The van der Waals surface area contributed by atoms with Crippen LogP contribution in [0.4, 0.5) is 0 Å². The summed E-state index contributed by atoms with van der Waals surface area (Å²) < 4.78 is 30.5. The van der Waals surface area contributed by atoms with Crippen LogP contribution in [-0.2, 0) is 19.6 Å². The number of primary amides is 1. The van der Waals surface area contributed by atoms with Gasteiger partial charge >= 0.3 is 0 Å². The third-order valence-corrected chi connectivity index (χ3v) is 3.46. The van der Waals surface area contributed by atoms with E-state index in [1.165, 1.54) is 12.1 Å². The van der Waals surface area contributed by atoms with Gasteiger partial charge < -0.3 is 10.5 Å². The molecule has 1 heterocycles. The molecule has 1 rings (SSSR count). The van der Waals surface area contributed by atoms with Crippen LogP contribution >= 0.6 is 11.6 Å². The van der Waals surface area contributed by atoms with E-state index in [9.17, 15) is 13.2 Å². The number of nitrogens with zero attached hydrogens (tertiary/aromatic N) is 1. The van der Waals surface area contributed by atoms with E-state index in [1.54, 1.807) is 0 Å². The van der Waals surface area contributed by atoms with Crippen LogP contribution in [0.1, 0.15) is 0 Å². The number of amides is 1. The number of hydrogen-bond donors (Lipinski definition) is 2. The van der Waals surface area contributed by atoms with E-state index in [-0.39, 0.29) is 29.8 Å². The summed E-state index contributed by atoms with van der Waals surface area (Å²) in [5.74, 6) is -0.611. The van der Waals surface area contributed by atoms with Crippen molar-refractivity contribution in [2.24, 2.45) is 5.73 Å². The molecule has 9 heteroatoms. The molecule has 1 aromatic heterocycles. The molecule has 0 atom stereocenters. The van der Waals surface area contributed by atoms with Crippen molar-refractivity contribution >= 4 is 27.5 Å². The van der Waals surface area contributed by atoms with E-state index >= 15 is 0 Å². The number of pyridine rings is 1. The van der Waals surface area contributed by atoms with Crippen LogP contribution in [-0.4, -0.2) is 39.1 Å². The summed E-state index contributed by atoms with van der Waals surface area (Å²) in [6.45, 7) is -0.175. The molecule has 0 bridgehead atoms. The van der Waals surface area contributed by atoms with Crippen molar-refractivity contribution in [3.63, 3.8) is 0 Å². The predicted octanol–water partition coefficient (Wildman–Crippen LogP) is -0.485. The molecule has 0 aliphatic carbocycles. The van der Waals surface area contributed by atoms with E-state index in [2.05, 4.69) is 9.71 Å². The largest absolute Gasteiger partial charge is 0.370 e. The van der Waals surface area contributed by atoms with Gasteiger partial charge in [-0.3, -0.25) is 4.79 Å². The zero-order chi connectivity index (χ0) is 13.6. The molecular weight excluding hydrogens is 282 g/mol. The lowest BCUT2D eigenvalue weighted by Gasteiger charge is -2.06. The maximum absolute atomic E-state index is 11.7. The maximum Gasteiger partial charge on any atom is 0.243 e. The molecule has 3 N–H and O–H groups in total. The number of hydrogen-bond acceptors (Lipinski definition) is 5. The summed E-state index contributed by atoms with van der Waals surface area (Å²) in [6.07, 6.45) is 1.15. The highest BCUT2D eigenvalue weighted by atomic mass is 35.5. The van der Waals surface area contributed by atoms with Gasteiger partial charge in [0, 0.05) is 12.7 Å². The molecule has 0 fully saturated rings. The minimum atomic E-state index is -3.65. The van der Waals surface area contributed by atoms with E-state index in [4.69, 9.17) is 22.1 Å². The maximum atomic E-state index is 11.7. The van der Waals surface area contributed by atoms with Crippen molar-refractivity contribution in [2.45, 2.75) is 4.90 Å². The number of halogens is 1. The molecule has 1 amide bonds. The second-order valence-corrected chi connectivity index (χ2v) is 5.39. The molecule has 7 nitrogen and oxygen atoms in total. The number of ether oxygens (including phenoxy) is 1. The number of carbonyl (C=O) groups is 1. The summed E-state index contributed by atoms with van der Waals surface area (Å²) in [7, 11) is -3.65. The average molecular weight is 294 g/mol. The first-order valence-electron chi connectivity index (χ1n) is 4.89. The highest BCUT2D eigenvalue weighted by Gasteiger charge is 2.13. The second kappa shape index (κ2) is 6.64. The Hall–Kier alpha value is -1.22. The van der Waals surface area contributed by atoms with Gasteiger partial charge in [-0.05, 0) is 12.1 Å². The molecule has 0 saturated heterocycles. The molecule has 18 heavy (non-hydrogen) atoms. The number of carbonyl (C=O) groups excluding carboxylic acids is 1. The smallest absolute Gasteiger partial charge is 0.243 e. The predicted molar refractivity (Wildman–Crippen MR) is 64.4 cm³/mol. The molecule has 0 saturated carbocycles. The lowest BCUT2D eigenvalue weighted by molar-refractivity contribution is -0.122. The van der Waals surface area contributed by atoms with Crippen molar-refractivity contribution in [2.75, 3.05) is 19.8 Å². The molecule has 0 spiro atoms. The Morgan fingerprint density at radius 2 is 2.22 bits per heavy atom. The quantitative estimate of drug-likeness (QED) is 0.521. The topological polar surface area (TPSA) is 111 Å². The Kier molecular flexibility index (Phi) is 5.48. The lowest BCUT2D eigenvalue weighted by Crippen LogP contribution is -2.29. The molecule has 100 valence electrons. The average Bonchev–Trinajstić information content (AvgIpc) is 2.28. The third kappa shape index (κ3) is 4.96. The Morgan fingerprint density at radius 3 is 2.78 bits per heavy atom. The second-order valence-electron chi connectivity index (χ2n) is 3.23. The van der Waals surface area contributed by atoms with E-state index in [0.29, 0.717) is 0 Å². The number of nitrogens with two attached hydrogens (primary N) is 1. The minimum absolute atomic E-state index is 0.00167. The summed E-state index contributed by atoms with van der Waals surface area (Å²) >= 11 is 5.55. The summed E-state index contributed by atoms with van der Waals surface area (Å²) in [6, 6.07) is 2.71. The Morgan fingerprint density at radius 1 is 1.50 bits per heavy atom. The highest BCUT2D eigenvalue weighted by molar-refractivity contribution is 7.89. The van der Waals surface area contributed by atoms with Gasteiger partial charge in [0.2, 0.25) is 15.9 Å². The standard InChI is InChI=1S/C9H12ClN3O4S/c10-8-2-1-7(5-12-8)18(15,16)13-3-4-17-6-9(11)14/h1-2,5,13H,3-4,6H2,(H2,11,14). The Labute approximate surface area is 109 Å². The van der Waals surface area contributed by atoms with Crippen molar-refractivity contribution in [3.05, 3.63) is 23.5 Å². The summed E-state index contributed by atoms with van der Waals surface area (Å²) in [5.41, 5.74) is 4.84. The minimum Gasteiger partial charge on any atom is -0.370 e. The molecule has 0 aromatic carbocycles. The first-order valence-corrected chi connectivity index (χ1v) is 6.75. The molecular formula is C9H12ClN3O4S. The van der Waals surface area contributed by atoms with Gasteiger partial charge in [0.15, 0.2) is 0 Å². The van der Waals surface area contributed by atoms with Crippen LogP contribution in [0.2, 0.25) is 5.15 Å². The fourth-order valence-electron chi connectivity index (χ4n) is 1.03. The zero-order valence-corrected chi connectivity index (χ0v) is 10.9. The van der Waals surface area contributed by atoms with Crippen molar-refractivity contribution in [1.29, 1.82) is 0 Å².